The average molecular weight is 323 g/mol. The molecule has 4 rings (SSSR count). The molecule has 0 spiro atoms. The molecule has 3 aromatic rings. The third kappa shape index (κ3) is 2.29. The van der Waals surface area contributed by atoms with Crippen molar-refractivity contribution in [1.82, 2.24) is 24.9 Å². The molecule has 3 aromatic heterocycles. The van der Waals surface area contributed by atoms with Gasteiger partial charge in [0.15, 0.2) is 11.4 Å². The third-order valence-corrected chi connectivity index (χ3v) is 4.39. The molecule has 7 nitrogen and oxygen atoms in total. The summed E-state index contributed by atoms with van der Waals surface area (Å²) in [4.78, 5) is 32.3. The summed E-state index contributed by atoms with van der Waals surface area (Å²) in [6, 6.07) is 1.80. The van der Waals surface area contributed by atoms with Crippen LogP contribution in [-0.2, 0) is 13.0 Å². The minimum Gasteiger partial charge on any atom is -0.361 e. The Morgan fingerprint density at radius 3 is 3.17 bits per heavy atom. The molecule has 7 heteroatoms. The molecule has 0 aliphatic heterocycles. The van der Waals surface area contributed by atoms with Crippen molar-refractivity contribution in [2.24, 2.45) is 0 Å². The van der Waals surface area contributed by atoms with Crippen molar-refractivity contribution < 1.29 is 9.59 Å². The summed E-state index contributed by atoms with van der Waals surface area (Å²) < 4.78 is 1.66. The van der Waals surface area contributed by atoms with E-state index in [1.165, 1.54) is 0 Å². The zero-order chi connectivity index (χ0) is 16.7. The molecule has 0 bridgehead atoms. The molecule has 1 aliphatic rings. The van der Waals surface area contributed by atoms with Crippen LogP contribution in [0.1, 0.15) is 50.5 Å². The van der Waals surface area contributed by atoms with Crippen LogP contribution in [0, 0.1) is 6.92 Å². The maximum absolute atomic E-state index is 12.6. The number of hydrogen-bond donors (Lipinski definition) is 2. The van der Waals surface area contributed by atoms with E-state index in [1.807, 2.05) is 6.92 Å². The summed E-state index contributed by atoms with van der Waals surface area (Å²) in [6.45, 7) is 2.14. The normalized spacial score (nSPS) is 14.0. The Kier molecular flexibility index (Phi) is 3.41. The van der Waals surface area contributed by atoms with Gasteiger partial charge in [-0.2, -0.15) is 5.10 Å². The van der Waals surface area contributed by atoms with Gasteiger partial charge in [-0.3, -0.25) is 9.59 Å². The second-order valence-corrected chi connectivity index (χ2v) is 6.00. The van der Waals surface area contributed by atoms with Crippen LogP contribution in [0.5, 0.6) is 0 Å². The minimum atomic E-state index is -0.240. The second kappa shape index (κ2) is 5.59. The molecule has 0 fully saturated rings. The van der Waals surface area contributed by atoms with E-state index in [-0.39, 0.29) is 11.7 Å². The fraction of sp³-hybridized carbons (Fsp3) is 0.294. The largest absolute Gasteiger partial charge is 0.361 e. The number of aromatic nitrogens is 4. The number of carbonyl (C=O) groups excluding carboxylic acids is 2. The monoisotopic (exact) mass is 323 g/mol. The van der Waals surface area contributed by atoms with Crippen molar-refractivity contribution in [3.05, 3.63) is 52.7 Å². The topological polar surface area (TPSA) is 92.2 Å². The molecule has 0 saturated carbocycles. The molecular weight excluding hydrogens is 306 g/mol. The smallest absolute Gasteiger partial charge is 0.254 e. The summed E-state index contributed by atoms with van der Waals surface area (Å²) in [5, 5.41) is 7.09. The molecule has 1 aliphatic carbocycles. The number of rotatable bonds is 3. The van der Waals surface area contributed by atoms with E-state index in [2.05, 4.69) is 20.4 Å². The number of fused-ring (bicyclic) bond motifs is 2. The Morgan fingerprint density at radius 2 is 2.29 bits per heavy atom. The predicted octanol–water partition coefficient (Wildman–Crippen LogP) is 1.81. The van der Waals surface area contributed by atoms with Crippen molar-refractivity contribution >= 4 is 17.3 Å². The molecule has 0 unspecified atom stereocenters. The van der Waals surface area contributed by atoms with Crippen LogP contribution in [0.4, 0.5) is 0 Å². The number of amides is 1. The first-order valence-electron chi connectivity index (χ1n) is 7.95. The lowest BCUT2D eigenvalue weighted by Crippen LogP contribution is -2.25. The van der Waals surface area contributed by atoms with Gasteiger partial charge in [-0.05, 0) is 25.8 Å². The van der Waals surface area contributed by atoms with E-state index in [0.29, 0.717) is 29.7 Å². The zero-order valence-corrected chi connectivity index (χ0v) is 13.3. The molecule has 0 atom stereocenters. The summed E-state index contributed by atoms with van der Waals surface area (Å²) >= 11 is 0. The van der Waals surface area contributed by atoms with Crippen LogP contribution in [0.15, 0.2) is 24.7 Å². The number of H-pyrrole nitrogens is 1. The van der Waals surface area contributed by atoms with Crippen LogP contribution < -0.4 is 5.32 Å². The first-order chi connectivity index (χ1) is 11.6. The molecule has 1 amide bonds. The molecule has 0 saturated heterocycles. The average Bonchev–Trinajstić information content (AvgIpc) is 3.14. The molecule has 0 aromatic carbocycles. The number of aryl methyl sites for hydroxylation is 2. The van der Waals surface area contributed by atoms with Crippen molar-refractivity contribution in [3.63, 3.8) is 0 Å². The lowest BCUT2D eigenvalue weighted by molar-refractivity contribution is 0.0926. The van der Waals surface area contributed by atoms with Crippen LogP contribution in [-0.4, -0.2) is 31.3 Å². The van der Waals surface area contributed by atoms with E-state index in [4.69, 9.17) is 0 Å². The van der Waals surface area contributed by atoms with Gasteiger partial charge < -0.3 is 10.3 Å². The maximum Gasteiger partial charge on any atom is 0.254 e. The highest BCUT2D eigenvalue weighted by Gasteiger charge is 2.28. The zero-order valence-electron chi connectivity index (χ0n) is 13.3. The molecule has 2 N–H and O–H groups in total. The summed E-state index contributed by atoms with van der Waals surface area (Å²) in [5.74, 6) is -0.195. The van der Waals surface area contributed by atoms with E-state index in [0.717, 1.165) is 29.8 Å². The predicted molar refractivity (Wildman–Crippen MR) is 87.0 cm³/mol. The van der Waals surface area contributed by atoms with Gasteiger partial charge >= 0.3 is 0 Å². The van der Waals surface area contributed by atoms with Gasteiger partial charge in [0.05, 0.1) is 17.3 Å². The van der Waals surface area contributed by atoms with Gasteiger partial charge in [-0.25, -0.2) is 9.50 Å². The van der Waals surface area contributed by atoms with E-state index < -0.39 is 0 Å². The minimum absolute atomic E-state index is 0.0448. The lowest BCUT2D eigenvalue weighted by Gasteiger charge is -2.11. The quantitative estimate of drug-likeness (QED) is 0.769. The van der Waals surface area contributed by atoms with Crippen molar-refractivity contribution in [2.75, 3.05) is 0 Å². The fourth-order valence-corrected chi connectivity index (χ4v) is 3.28. The van der Waals surface area contributed by atoms with E-state index in [1.54, 1.807) is 29.2 Å². The number of aromatic amines is 1. The van der Waals surface area contributed by atoms with Gasteiger partial charge in [0.2, 0.25) is 0 Å². The Hall–Kier alpha value is -2.96. The second-order valence-electron chi connectivity index (χ2n) is 6.00. The molecular formula is C17H17N5O2. The van der Waals surface area contributed by atoms with Crippen molar-refractivity contribution in [3.8, 4) is 0 Å². The number of hydrogen-bond acceptors (Lipinski definition) is 4. The number of nitrogens with zero attached hydrogens (tertiary/aromatic N) is 3. The van der Waals surface area contributed by atoms with Gasteiger partial charge in [0, 0.05) is 42.3 Å². The van der Waals surface area contributed by atoms with Crippen molar-refractivity contribution in [2.45, 2.75) is 32.7 Å². The molecule has 122 valence electrons. The standard InChI is InChI=1S/C17H17N5O2/c1-10-14(15-12(21-10)4-2-5-13(15)23)17(24)19-8-11-9-20-22-7-3-6-18-16(11)22/h3,6-7,9,21H,2,4-5,8H2,1H3,(H,19,24). The first-order valence-corrected chi connectivity index (χ1v) is 7.95. The Labute approximate surface area is 138 Å². The molecule has 0 radical (unpaired) electrons. The maximum atomic E-state index is 12.6. The van der Waals surface area contributed by atoms with Crippen LogP contribution in [0.2, 0.25) is 0 Å². The molecule has 3 heterocycles. The van der Waals surface area contributed by atoms with E-state index in [9.17, 15) is 9.59 Å². The highest BCUT2D eigenvalue weighted by molar-refractivity contribution is 6.10. The third-order valence-electron chi connectivity index (χ3n) is 4.39. The number of ketones is 1. The summed E-state index contributed by atoms with van der Waals surface area (Å²) in [6.07, 6.45) is 7.33. The van der Waals surface area contributed by atoms with Crippen molar-refractivity contribution in [1.29, 1.82) is 0 Å². The summed E-state index contributed by atoms with van der Waals surface area (Å²) in [5.41, 5.74) is 4.20. The van der Waals surface area contributed by atoms with Gasteiger partial charge in [0.1, 0.15) is 0 Å². The Morgan fingerprint density at radius 1 is 1.42 bits per heavy atom. The lowest BCUT2D eigenvalue weighted by atomic mass is 9.93. The van der Waals surface area contributed by atoms with E-state index >= 15 is 0 Å². The molecule has 24 heavy (non-hydrogen) atoms. The Balaban J connectivity index is 1.59. The number of carbonyl (C=O) groups is 2. The van der Waals surface area contributed by atoms with Gasteiger partial charge in [0.25, 0.3) is 5.91 Å². The van der Waals surface area contributed by atoms with Crippen LogP contribution in [0.3, 0.4) is 0 Å². The van der Waals surface area contributed by atoms with Crippen LogP contribution in [0.25, 0.3) is 5.65 Å². The van der Waals surface area contributed by atoms with Crippen LogP contribution >= 0.6 is 0 Å². The van der Waals surface area contributed by atoms with Gasteiger partial charge in [-0.1, -0.05) is 0 Å². The highest BCUT2D eigenvalue weighted by Crippen LogP contribution is 2.26. The first kappa shape index (κ1) is 14.6. The SMILES string of the molecule is Cc1[nH]c2c(c1C(=O)NCc1cnn3cccnc13)C(=O)CCC2. The Bertz CT molecular complexity index is 953. The highest BCUT2D eigenvalue weighted by atomic mass is 16.2. The number of nitrogens with one attached hydrogen (secondary N) is 2. The number of Topliss-reactive ketones (excluding diaryl/α,β-unsaturated/α-hetero) is 1. The summed E-state index contributed by atoms with van der Waals surface area (Å²) in [7, 11) is 0. The fourth-order valence-electron chi connectivity index (χ4n) is 3.28. The van der Waals surface area contributed by atoms with Gasteiger partial charge in [-0.15, -0.1) is 0 Å².